The molecule has 5 heteroatoms. The van der Waals surface area contributed by atoms with Gasteiger partial charge in [0.1, 0.15) is 0 Å². The lowest BCUT2D eigenvalue weighted by Crippen LogP contribution is -2.32. The Balaban J connectivity index is 2.93. The highest BCUT2D eigenvalue weighted by atomic mass is 79.9. The van der Waals surface area contributed by atoms with Crippen LogP contribution in [-0.4, -0.2) is 25.4 Å². The molecule has 0 aliphatic heterocycles. The van der Waals surface area contributed by atoms with E-state index in [1.54, 1.807) is 13.2 Å². The van der Waals surface area contributed by atoms with E-state index in [1.165, 1.54) is 0 Å². The largest absolute Gasteiger partial charge is 0.493 e. The van der Waals surface area contributed by atoms with E-state index in [2.05, 4.69) is 35.1 Å². The van der Waals surface area contributed by atoms with E-state index in [9.17, 15) is 5.11 Å². The first-order valence-corrected chi connectivity index (χ1v) is 7.56. The molecule has 0 aliphatic carbocycles. The van der Waals surface area contributed by atoms with Gasteiger partial charge in [0.2, 0.25) is 0 Å². The van der Waals surface area contributed by atoms with E-state index >= 15 is 0 Å². The van der Waals surface area contributed by atoms with Gasteiger partial charge in [0.15, 0.2) is 5.75 Å². The molecular formula is C14H21BrClNO2. The normalized spacial score (nSPS) is 11.5. The summed E-state index contributed by atoms with van der Waals surface area (Å²) in [6.45, 7) is 5.02. The highest BCUT2D eigenvalue weighted by molar-refractivity contribution is 9.10. The Hall–Kier alpha value is -0.450. The SMILES string of the molecule is CCC(CC)(CO)CNc1cc(Cl)cc(Br)c1OC. The van der Waals surface area contributed by atoms with Gasteiger partial charge in [-0.25, -0.2) is 0 Å². The Bertz CT molecular complexity index is 414. The first-order chi connectivity index (χ1) is 9.01. The topological polar surface area (TPSA) is 41.5 Å². The van der Waals surface area contributed by atoms with Gasteiger partial charge in [-0.3, -0.25) is 0 Å². The standard InChI is InChI=1S/C14H21BrClNO2/c1-4-14(5-2,9-18)8-17-12-7-10(16)6-11(15)13(12)19-3/h6-7,17-18H,4-5,8-9H2,1-3H3. The summed E-state index contributed by atoms with van der Waals surface area (Å²) in [4.78, 5) is 0. The first-order valence-electron chi connectivity index (χ1n) is 6.39. The van der Waals surface area contributed by atoms with E-state index in [-0.39, 0.29) is 12.0 Å². The molecule has 0 amide bonds. The molecule has 1 rings (SSSR count). The third-order valence-corrected chi connectivity index (χ3v) is 4.51. The van der Waals surface area contributed by atoms with Crippen LogP contribution in [0.1, 0.15) is 26.7 Å². The van der Waals surface area contributed by atoms with Crippen molar-refractivity contribution in [3.63, 3.8) is 0 Å². The number of rotatable bonds is 7. The molecule has 0 aliphatic rings. The van der Waals surface area contributed by atoms with Crippen molar-refractivity contribution in [2.75, 3.05) is 25.6 Å². The monoisotopic (exact) mass is 349 g/mol. The minimum atomic E-state index is -0.111. The van der Waals surface area contributed by atoms with Crippen molar-refractivity contribution in [2.24, 2.45) is 5.41 Å². The Morgan fingerprint density at radius 1 is 1.37 bits per heavy atom. The van der Waals surface area contributed by atoms with Crippen molar-refractivity contribution in [1.29, 1.82) is 0 Å². The maximum atomic E-state index is 9.58. The van der Waals surface area contributed by atoms with Crippen LogP contribution in [-0.2, 0) is 0 Å². The predicted octanol–water partition coefficient (Wildman–Crippen LogP) is 4.32. The Kier molecular flexibility index (Phi) is 6.43. The van der Waals surface area contributed by atoms with Crippen LogP contribution in [0.2, 0.25) is 5.02 Å². The molecule has 19 heavy (non-hydrogen) atoms. The minimum Gasteiger partial charge on any atom is -0.493 e. The van der Waals surface area contributed by atoms with Crippen LogP contribution >= 0.6 is 27.5 Å². The molecule has 1 aromatic carbocycles. The minimum absolute atomic E-state index is 0.111. The molecule has 0 aromatic heterocycles. The second kappa shape index (κ2) is 7.36. The van der Waals surface area contributed by atoms with E-state index in [1.807, 2.05) is 6.07 Å². The molecule has 0 fully saturated rings. The van der Waals surface area contributed by atoms with Gasteiger partial charge in [-0.2, -0.15) is 0 Å². The van der Waals surface area contributed by atoms with Crippen LogP contribution in [0.5, 0.6) is 5.75 Å². The summed E-state index contributed by atoms with van der Waals surface area (Å²) in [5.74, 6) is 0.725. The van der Waals surface area contributed by atoms with Crippen molar-refractivity contribution < 1.29 is 9.84 Å². The summed E-state index contributed by atoms with van der Waals surface area (Å²) in [5, 5.41) is 13.6. The number of hydrogen-bond acceptors (Lipinski definition) is 3. The summed E-state index contributed by atoms with van der Waals surface area (Å²) in [6.07, 6.45) is 1.83. The van der Waals surface area contributed by atoms with E-state index < -0.39 is 0 Å². The molecule has 0 saturated heterocycles. The van der Waals surface area contributed by atoms with E-state index in [4.69, 9.17) is 16.3 Å². The van der Waals surface area contributed by atoms with Gasteiger partial charge in [-0.05, 0) is 40.9 Å². The average Bonchev–Trinajstić information content (AvgIpc) is 2.40. The number of aliphatic hydroxyl groups is 1. The number of halogens is 2. The van der Waals surface area contributed by atoms with E-state index in [0.29, 0.717) is 11.6 Å². The number of hydrogen-bond donors (Lipinski definition) is 2. The summed E-state index contributed by atoms with van der Waals surface area (Å²) in [6, 6.07) is 3.63. The second-order valence-electron chi connectivity index (χ2n) is 4.69. The van der Waals surface area contributed by atoms with Crippen LogP contribution in [0.15, 0.2) is 16.6 Å². The van der Waals surface area contributed by atoms with Crippen molar-refractivity contribution in [3.8, 4) is 5.75 Å². The molecule has 0 radical (unpaired) electrons. The number of anilines is 1. The molecule has 1 aromatic rings. The lowest BCUT2D eigenvalue weighted by molar-refractivity contribution is 0.127. The van der Waals surface area contributed by atoms with Gasteiger partial charge >= 0.3 is 0 Å². The second-order valence-corrected chi connectivity index (χ2v) is 5.98. The van der Waals surface area contributed by atoms with Crippen LogP contribution in [0.3, 0.4) is 0 Å². The Labute approximate surface area is 128 Å². The van der Waals surface area contributed by atoms with Gasteiger partial charge in [0.05, 0.1) is 23.9 Å². The zero-order valence-corrected chi connectivity index (χ0v) is 13.9. The number of aliphatic hydroxyl groups excluding tert-OH is 1. The fraction of sp³-hybridized carbons (Fsp3) is 0.571. The lowest BCUT2D eigenvalue weighted by atomic mass is 9.83. The summed E-state index contributed by atoms with van der Waals surface area (Å²) in [5.41, 5.74) is 0.724. The van der Waals surface area contributed by atoms with Gasteiger partial charge in [-0.15, -0.1) is 0 Å². The van der Waals surface area contributed by atoms with Crippen molar-refractivity contribution in [2.45, 2.75) is 26.7 Å². The highest BCUT2D eigenvalue weighted by Crippen LogP contribution is 2.37. The summed E-state index contributed by atoms with van der Waals surface area (Å²) < 4.78 is 6.18. The van der Waals surface area contributed by atoms with Crippen molar-refractivity contribution in [1.82, 2.24) is 0 Å². The third-order valence-electron chi connectivity index (χ3n) is 3.70. The molecule has 0 bridgehead atoms. The number of nitrogens with one attached hydrogen (secondary N) is 1. The maximum Gasteiger partial charge on any atom is 0.156 e. The highest BCUT2D eigenvalue weighted by Gasteiger charge is 2.25. The van der Waals surface area contributed by atoms with Crippen molar-refractivity contribution in [3.05, 3.63) is 21.6 Å². The maximum absolute atomic E-state index is 9.58. The molecule has 0 saturated carbocycles. The van der Waals surface area contributed by atoms with Crippen LogP contribution in [0.25, 0.3) is 0 Å². The average molecular weight is 351 g/mol. The molecule has 0 spiro atoms. The first kappa shape index (κ1) is 16.6. The fourth-order valence-electron chi connectivity index (χ4n) is 1.96. The molecule has 0 atom stereocenters. The third kappa shape index (κ3) is 4.01. The van der Waals surface area contributed by atoms with Crippen LogP contribution in [0.4, 0.5) is 5.69 Å². The summed E-state index contributed by atoms with van der Waals surface area (Å²) in [7, 11) is 1.62. The summed E-state index contributed by atoms with van der Waals surface area (Å²) >= 11 is 9.49. The zero-order chi connectivity index (χ0) is 14.5. The Morgan fingerprint density at radius 2 is 2.00 bits per heavy atom. The Morgan fingerprint density at radius 3 is 2.47 bits per heavy atom. The van der Waals surface area contributed by atoms with Gasteiger partial charge in [-0.1, -0.05) is 25.4 Å². The molecule has 0 heterocycles. The number of ether oxygens (including phenoxy) is 1. The van der Waals surface area contributed by atoms with Gasteiger partial charge in [0, 0.05) is 17.0 Å². The van der Waals surface area contributed by atoms with Crippen LogP contribution < -0.4 is 10.1 Å². The molecule has 108 valence electrons. The predicted molar refractivity (Wildman–Crippen MR) is 84.3 cm³/mol. The lowest BCUT2D eigenvalue weighted by Gasteiger charge is -2.30. The van der Waals surface area contributed by atoms with Gasteiger partial charge in [0.25, 0.3) is 0 Å². The van der Waals surface area contributed by atoms with Crippen molar-refractivity contribution >= 4 is 33.2 Å². The quantitative estimate of drug-likeness (QED) is 0.769. The molecule has 3 nitrogen and oxygen atoms in total. The molecular weight excluding hydrogens is 330 g/mol. The zero-order valence-electron chi connectivity index (χ0n) is 11.6. The van der Waals surface area contributed by atoms with Gasteiger partial charge < -0.3 is 15.2 Å². The fourth-order valence-corrected chi connectivity index (χ4v) is 2.93. The number of benzene rings is 1. The smallest absolute Gasteiger partial charge is 0.156 e. The number of methoxy groups -OCH3 is 1. The molecule has 0 unspecified atom stereocenters. The molecule has 2 N–H and O–H groups in total. The van der Waals surface area contributed by atoms with E-state index in [0.717, 1.165) is 28.8 Å². The van der Waals surface area contributed by atoms with Crippen LogP contribution in [0, 0.1) is 5.41 Å².